The number of hydrogen-bond donors (Lipinski definition) is 1. The van der Waals surface area contributed by atoms with E-state index in [0.717, 1.165) is 0 Å². The van der Waals surface area contributed by atoms with Crippen molar-refractivity contribution < 1.29 is 38.4 Å². The zero-order chi connectivity index (χ0) is 20.6. The first-order valence-electron chi connectivity index (χ1n) is 9.63. The van der Waals surface area contributed by atoms with Crippen LogP contribution in [0.25, 0.3) is 0 Å². The number of carbonyl (C=O) groups is 3. The van der Waals surface area contributed by atoms with E-state index < -0.39 is 48.1 Å². The van der Waals surface area contributed by atoms with Crippen molar-refractivity contribution in [1.29, 1.82) is 0 Å². The van der Waals surface area contributed by atoms with Gasteiger partial charge in [-0.25, -0.2) is 0 Å². The van der Waals surface area contributed by atoms with E-state index in [2.05, 4.69) is 0 Å². The zero-order valence-corrected chi connectivity index (χ0v) is 16.9. The van der Waals surface area contributed by atoms with Gasteiger partial charge < -0.3 is 24.1 Å². The normalized spacial score (nSPS) is 30.4. The Bertz CT molecular complexity index is 486. The summed E-state index contributed by atoms with van der Waals surface area (Å²) in [5.41, 5.74) is -1.57. The van der Waals surface area contributed by atoms with Gasteiger partial charge in [0.25, 0.3) is 0 Å². The molecule has 1 N–H and O–H groups in total. The summed E-state index contributed by atoms with van der Waals surface area (Å²) in [6.45, 7) is 8.57. The average Bonchev–Trinajstić information content (AvgIpc) is 2.56. The van der Waals surface area contributed by atoms with E-state index in [-0.39, 0.29) is 19.3 Å². The van der Waals surface area contributed by atoms with Crippen molar-refractivity contribution in [1.82, 2.24) is 0 Å². The van der Waals surface area contributed by atoms with Crippen LogP contribution < -0.4 is 0 Å². The number of aliphatic hydroxyl groups is 1. The van der Waals surface area contributed by atoms with Crippen molar-refractivity contribution >= 4 is 17.9 Å². The van der Waals surface area contributed by atoms with E-state index in [1.165, 1.54) is 6.92 Å². The Morgan fingerprint density at radius 1 is 0.889 bits per heavy atom. The Balaban J connectivity index is 3.20. The van der Waals surface area contributed by atoms with Crippen LogP contribution in [0.5, 0.6) is 0 Å². The maximum atomic E-state index is 12.2. The zero-order valence-electron chi connectivity index (χ0n) is 16.9. The number of ether oxygens (including phenoxy) is 4. The van der Waals surface area contributed by atoms with E-state index in [9.17, 15) is 19.5 Å². The van der Waals surface area contributed by atoms with Crippen LogP contribution in [0, 0.1) is 0 Å². The molecule has 0 bridgehead atoms. The fourth-order valence-corrected chi connectivity index (χ4v) is 3.09. The predicted octanol–water partition coefficient (Wildman–Crippen LogP) is 2.25. The lowest BCUT2D eigenvalue weighted by atomic mass is 9.85. The van der Waals surface area contributed by atoms with Crippen LogP contribution >= 0.6 is 0 Å². The van der Waals surface area contributed by atoms with Crippen molar-refractivity contribution in [2.75, 3.05) is 0 Å². The largest absolute Gasteiger partial charge is 0.455 e. The van der Waals surface area contributed by atoms with E-state index >= 15 is 0 Å². The van der Waals surface area contributed by atoms with Crippen LogP contribution in [-0.4, -0.2) is 53.2 Å². The van der Waals surface area contributed by atoms with Crippen LogP contribution in [0.4, 0.5) is 0 Å². The Morgan fingerprint density at radius 3 is 1.81 bits per heavy atom. The lowest BCUT2D eigenvalue weighted by Crippen LogP contribution is -2.68. The highest BCUT2D eigenvalue weighted by molar-refractivity contribution is 5.72. The number of hydrogen-bond acceptors (Lipinski definition) is 8. The van der Waals surface area contributed by atoms with Crippen molar-refractivity contribution in [2.45, 2.75) is 103 Å². The number of esters is 3. The summed E-state index contributed by atoms with van der Waals surface area (Å²) in [4.78, 5) is 36.3. The molecule has 0 aromatic carbocycles. The number of rotatable bonds is 9. The average molecular weight is 388 g/mol. The van der Waals surface area contributed by atoms with Crippen molar-refractivity contribution in [3.63, 3.8) is 0 Å². The highest BCUT2D eigenvalue weighted by Crippen LogP contribution is 2.37. The molecular formula is C19H32O8. The Hall–Kier alpha value is -1.67. The maximum absolute atomic E-state index is 12.2. The van der Waals surface area contributed by atoms with E-state index in [0.29, 0.717) is 19.3 Å². The van der Waals surface area contributed by atoms with Crippen LogP contribution in [0.1, 0.15) is 73.1 Å². The lowest BCUT2D eigenvalue weighted by molar-refractivity contribution is -0.317. The summed E-state index contributed by atoms with van der Waals surface area (Å²) in [7, 11) is 0. The first-order chi connectivity index (χ1) is 12.7. The standard InChI is InChI=1S/C19H32O8/c1-6-9-13(20)25-16-12(4)24-18(23)17(26-14(21)10-7-2)19(16,5)27-15(22)11-8-3/h12,16-18,23H,6-11H2,1-5H3/t12-,16+,17+,18?,19-/m0/s1. The molecule has 5 atom stereocenters. The summed E-state index contributed by atoms with van der Waals surface area (Å²) in [6, 6.07) is 0. The Kier molecular flexibility index (Phi) is 9.18. The SMILES string of the molecule is CCCC(=O)O[C@@H]1C(O)O[C@@H](C)[C@@H](OC(=O)CCC)[C@]1(C)OC(=O)CCC. The highest BCUT2D eigenvalue weighted by atomic mass is 16.7. The van der Waals surface area contributed by atoms with Crippen molar-refractivity contribution in [3.8, 4) is 0 Å². The quantitative estimate of drug-likeness (QED) is 0.473. The van der Waals surface area contributed by atoms with Gasteiger partial charge >= 0.3 is 17.9 Å². The third-order valence-electron chi connectivity index (χ3n) is 4.38. The monoisotopic (exact) mass is 388 g/mol. The van der Waals surface area contributed by atoms with Gasteiger partial charge in [-0.2, -0.15) is 0 Å². The molecule has 1 fully saturated rings. The van der Waals surface area contributed by atoms with Crippen LogP contribution in [0.3, 0.4) is 0 Å². The fourth-order valence-electron chi connectivity index (χ4n) is 3.09. The smallest absolute Gasteiger partial charge is 0.306 e. The molecule has 8 heteroatoms. The third-order valence-corrected chi connectivity index (χ3v) is 4.38. The minimum Gasteiger partial charge on any atom is -0.455 e. The molecular weight excluding hydrogens is 356 g/mol. The Morgan fingerprint density at radius 2 is 1.33 bits per heavy atom. The second-order valence-electron chi connectivity index (χ2n) is 6.96. The number of aliphatic hydroxyl groups excluding tert-OH is 1. The molecule has 1 rings (SSSR count). The Labute approximate surface area is 160 Å². The topological polar surface area (TPSA) is 108 Å². The van der Waals surface area contributed by atoms with E-state index in [1.807, 2.05) is 20.8 Å². The van der Waals surface area contributed by atoms with Crippen molar-refractivity contribution in [2.24, 2.45) is 0 Å². The lowest BCUT2D eigenvalue weighted by Gasteiger charge is -2.48. The first-order valence-corrected chi connectivity index (χ1v) is 9.63. The molecule has 1 unspecified atom stereocenters. The molecule has 0 aliphatic carbocycles. The van der Waals surface area contributed by atoms with Gasteiger partial charge in [0.2, 0.25) is 0 Å². The van der Waals surface area contributed by atoms with Gasteiger partial charge in [-0.05, 0) is 33.1 Å². The summed E-state index contributed by atoms with van der Waals surface area (Å²) in [5.74, 6) is -1.57. The first kappa shape index (κ1) is 23.4. The second-order valence-corrected chi connectivity index (χ2v) is 6.96. The van der Waals surface area contributed by atoms with Gasteiger partial charge in [0, 0.05) is 19.3 Å². The molecule has 0 amide bonds. The van der Waals surface area contributed by atoms with Gasteiger partial charge in [0.15, 0.2) is 24.1 Å². The van der Waals surface area contributed by atoms with Gasteiger partial charge in [-0.1, -0.05) is 20.8 Å². The maximum Gasteiger partial charge on any atom is 0.306 e. The summed E-state index contributed by atoms with van der Waals surface area (Å²) >= 11 is 0. The van der Waals surface area contributed by atoms with Gasteiger partial charge in [0.1, 0.15) is 0 Å². The molecule has 0 aromatic heterocycles. The summed E-state index contributed by atoms with van der Waals surface area (Å²) in [5, 5.41) is 10.4. The van der Waals surface area contributed by atoms with Gasteiger partial charge in [-0.3, -0.25) is 14.4 Å². The summed E-state index contributed by atoms with van der Waals surface area (Å²) < 4.78 is 21.9. The molecule has 1 aliphatic rings. The minimum atomic E-state index is -1.57. The number of carbonyl (C=O) groups excluding carboxylic acids is 3. The second kappa shape index (κ2) is 10.6. The van der Waals surface area contributed by atoms with E-state index in [1.54, 1.807) is 6.92 Å². The molecule has 1 saturated heterocycles. The molecule has 1 heterocycles. The van der Waals surface area contributed by atoms with Crippen LogP contribution in [0.15, 0.2) is 0 Å². The van der Waals surface area contributed by atoms with E-state index in [4.69, 9.17) is 18.9 Å². The molecule has 0 saturated carbocycles. The van der Waals surface area contributed by atoms with Crippen LogP contribution in [-0.2, 0) is 33.3 Å². The third kappa shape index (κ3) is 6.17. The highest BCUT2D eigenvalue weighted by Gasteiger charge is 2.59. The fraction of sp³-hybridized carbons (Fsp3) is 0.842. The van der Waals surface area contributed by atoms with Crippen LogP contribution in [0.2, 0.25) is 0 Å². The minimum absolute atomic E-state index is 0.137. The molecule has 0 aromatic rings. The predicted molar refractivity (Wildman–Crippen MR) is 95.5 cm³/mol. The molecule has 1 aliphatic heterocycles. The molecule has 0 spiro atoms. The molecule has 156 valence electrons. The van der Waals surface area contributed by atoms with Gasteiger partial charge in [-0.15, -0.1) is 0 Å². The van der Waals surface area contributed by atoms with Gasteiger partial charge in [0.05, 0.1) is 6.10 Å². The molecule has 27 heavy (non-hydrogen) atoms. The molecule has 0 radical (unpaired) electrons. The summed E-state index contributed by atoms with van der Waals surface area (Å²) in [6.07, 6.45) is -2.44. The van der Waals surface area contributed by atoms with Crippen molar-refractivity contribution in [3.05, 3.63) is 0 Å². The molecule has 8 nitrogen and oxygen atoms in total.